The normalized spacial score (nSPS) is 22.2. The van der Waals surface area contributed by atoms with Crippen LogP contribution in [0.3, 0.4) is 0 Å². The quantitative estimate of drug-likeness (QED) is 0.774. The van der Waals surface area contributed by atoms with Crippen LogP contribution in [0.1, 0.15) is 34.1 Å². The number of nitrogens with one attached hydrogen (secondary N) is 1. The number of hydrogen-bond donors (Lipinski definition) is 1. The molecule has 0 saturated carbocycles. The SMILES string of the molecule is CCOC(=O)C1C2=C(CN(C(=O)OC(C)(C)C)CC2)NN1C. The highest BCUT2D eigenvalue weighted by Crippen LogP contribution is 2.28. The Hall–Kier alpha value is -1.76. The van der Waals surface area contributed by atoms with E-state index in [2.05, 4.69) is 5.43 Å². The maximum atomic E-state index is 12.1. The summed E-state index contributed by atoms with van der Waals surface area (Å²) in [4.78, 5) is 25.9. The van der Waals surface area contributed by atoms with Gasteiger partial charge in [0.15, 0.2) is 0 Å². The molecule has 7 nitrogen and oxygen atoms in total. The molecule has 0 saturated heterocycles. The molecule has 1 amide bonds. The first-order valence-corrected chi connectivity index (χ1v) is 7.59. The average molecular weight is 311 g/mol. The molecule has 0 spiro atoms. The monoisotopic (exact) mass is 311 g/mol. The Morgan fingerprint density at radius 2 is 2.05 bits per heavy atom. The molecule has 0 aromatic heterocycles. The van der Waals surface area contributed by atoms with E-state index < -0.39 is 11.6 Å². The third-order valence-electron chi connectivity index (χ3n) is 3.58. The van der Waals surface area contributed by atoms with Crippen LogP contribution in [0.5, 0.6) is 0 Å². The van der Waals surface area contributed by atoms with Crippen molar-refractivity contribution in [1.82, 2.24) is 15.3 Å². The van der Waals surface area contributed by atoms with Crippen LogP contribution in [0.2, 0.25) is 0 Å². The Balaban J connectivity index is 2.07. The molecule has 2 aliphatic heterocycles. The Labute approximate surface area is 131 Å². The van der Waals surface area contributed by atoms with Crippen LogP contribution in [0.15, 0.2) is 11.3 Å². The number of hydrogen-bond acceptors (Lipinski definition) is 6. The largest absolute Gasteiger partial charge is 0.465 e. The van der Waals surface area contributed by atoms with E-state index in [1.807, 2.05) is 20.8 Å². The van der Waals surface area contributed by atoms with Gasteiger partial charge in [0.1, 0.15) is 11.6 Å². The van der Waals surface area contributed by atoms with E-state index in [0.29, 0.717) is 26.1 Å². The summed E-state index contributed by atoms with van der Waals surface area (Å²) in [6, 6.07) is -0.407. The van der Waals surface area contributed by atoms with Crippen LogP contribution in [0, 0.1) is 0 Å². The van der Waals surface area contributed by atoms with Gasteiger partial charge in [-0.2, -0.15) is 0 Å². The van der Waals surface area contributed by atoms with Gasteiger partial charge < -0.3 is 19.8 Å². The number of nitrogens with zero attached hydrogens (tertiary/aromatic N) is 2. The van der Waals surface area contributed by atoms with Gasteiger partial charge in [0.25, 0.3) is 0 Å². The highest BCUT2D eigenvalue weighted by atomic mass is 16.6. The van der Waals surface area contributed by atoms with Crippen molar-refractivity contribution in [3.05, 3.63) is 11.3 Å². The van der Waals surface area contributed by atoms with Crippen molar-refractivity contribution < 1.29 is 19.1 Å². The summed E-state index contributed by atoms with van der Waals surface area (Å²) in [6.45, 7) is 8.65. The Kier molecular flexibility index (Phi) is 4.65. The molecule has 0 aromatic carbocycles. The summed E-state index contributed by atoms with van der Waals surface area (Å²) < 4.78 is 10.5. The molecule has 2 aliphatic rings. The molecule has 1 N–H and O–H groups in total. The molecule has 0 bridgehead atoms. The predicted molar refractivity (Wildman–Crippen MR) is 80.8 cm³/mol. The number of amides is 1. The zero-order valence-corrected chi connectivity index (χ0v) is 13.9. The van der Waals surface area contributed by atoms with Gasteiger partial charge in [-0.25, -0.2) is 14.6 Å². The van der Waals surface area contributed by atoms with Gasteiger partial charge in [-0.3, -0.25) is 0 Å². The van der Waals surface area contributed by atoms with Gasteiger partial charge in [0.2, 0.25) is 0 Å². The zero-order chi connectivity index (χ0) is 16.5. The number of carbonyl (C=O) groups is 2. The number of ether oxygens (including phenoxy) is 2. The molecular weight excluding hydrogens is 286 g/mol. The Morgan fingerprint density at radius 3 is 2.64 bits per heavy atom. The van der Waals surface area contributed by atoms with Crippen LogP contribution in [-0.4, -0.2) is 60.4 Å². The second kappa shape index (κ2) is 6.16. The fourth-order valence-electron chi connectivity index (χ4n) is 2.70. The molecule has 0 aliphatic carbocycles. The minimum Gasteiger partial charge on any atom is -0.465 e. The topological polar surface area (TPSA) is 71.1 Å². The summed E-state index contributed by atoms with van der Waals surface area (Å²) in [5.41, 5.74) is 4.53. The lowest BCUT2D eigenvalue weighted by molar-refractivity contribution is -0.147. The second-order valence-corrected chi connectivity index (χ2v) is 6.53. The molecule has 124 valence electrons. The van der Waals surface area contributed by atoms with E-state index in [4.69, 9.17) is 9.47 Å². The standard InChI is InChI=1S/C15H25N3O4/c1-6-21-13(19)12-10-7-8-18(9-11(10)16-17(12)5)14(20)22-15(2,3)4/h12,16H,6-9H2,1-5H3. The fraction of sp³-hybridized carbons (Fsp3) is 0.733. The van der Waals surface area contributed by atoms with Crippen molar-refractivity contribution >= 4 is 12.1 Å². The molecular formula is C15H25N3O4. The van der Waals surface area contributed by atoms with Crippen molar-refractivity contribution in [3.63, 3.8) is 0 Å². The summed E-state index contributed by atoms with van der Waals surface area (Å²) in [5.74, 6) is -0.256. The van der Waals surface area contributed by atoms with Crippen LogP contribution in [-0.2, 0) is 14.3 Å². The smallest absolute Gasteiger partial charge is 0.410 e. The van der Waals surface area contributed by atoms with Crippen LogP contribution < -0.4 is 5.43 Å². The van der Waals surface area contributed by atoms with Gasteiger partial charge in [0, 0.05) is 19.3 Å². The Bertz CT molecular complexity index is 496. The lowest BCUT2D eigenvalue weighted by Crippen LogP contribution is -2.42. The molecule has 0 aromatic rings. The van der Waals surface area contributed by atoms with Crippen molar-refractivity contribution in [2.24, 2.45) is 0 Å². The Morgan fingerprint density at radius 1 is 1.36 bits per heavy atom. The molecule has 1 atom stereocenters. The first-order chi connectivity index (χ1) is 10.2. The van der Waals surface area contributed by atoms with E-state index in [-0.39, 0.29) is 12.1 Å². The van der Waals surface area contributed by atoms with Crippen molar-refractivity contribution in [3.8, 4) is 0 Å². The number of hydrazine groups is 1. The molecule has 0 fully saturated rings. The minimum absolute atomic E-state index is 0.256. The van der Waals surface area contributed by atoms with E-state index in [0.717, 1.165) is 11.3 Å². The third-order valence-corrected chi connectivity index (χ3v) is 3.58. The van der Waals surface area contributed by atoms with Crippen LogP contribution in [0.25, 0.3) is 0 Å². The maximum Gasteiger partial charge on any atom is 0.410 e. The summed E-state index contributed by atoms with van der Waals surface area (Å²) >= 11 is 0. The van der Waals surface area contributed by atoms with Crippen molar-refractivity contribution in [1.29, 1.82) is 0 Å². The van der Waals surface area contributed by atoms with Gasteiger partial charge in [-0.15, -0.1) is 0 Å². The summed E-state index contributed by atoms with van der Waals surface area (Å²) in [7, 11) is 1.80. The van der Waals surface area contributed by atoms with E-state index >= 15 is 0 Å². The van der Waals surface area contributed by atoms with E-state index in [1.54, 1.807) is 23.9 Å². The lowest BCUT2D eigenvalue weighted by Gasteiger charge is -2.30. The molecule has 2 rings (SSSR count). The van der Waals surface area contributed by atoms with E-state index in [1.165, 1.54) is 0 Å². The summed E-state index contributed by atoms with van der Waals surface area (Å²) in [6.07, 6.45) is 0.304. The molecule has 1 unspecified atom stereocenters. The third kappa shape index (κ3) is 3.52. The van der Waals surface area contributed by atoms with Gasteiger partial charge >= 0.3 is 12.1 Å². The number of rotatable bonds is 2. The summed E-state index contributed by atoms with van der Waals surface area (Å²) in [5, 5.41) is 1.74. The fourth-order valence-corrected chi connectivity index (χ4v) is 2.70. The van der Waals surface area contributed by atoms with E-state index in [9.17, 15) is 9.59 Å². The molecule has 7 heteroatoms. The average Bonchev–Trinajstić information content (AvgIpc) is 2.71. The molecule has 0 radical (unpaired) electrons. The highest BCUT2D eigenvalue weighted by Gasteiger charge is 2.40. The number of carbonyl (C=O) groups excluding carboxylic acids is 2. The van der Waals surface area contributed by atoms with Crippen LogP contribution in [0.4, 0.5) is 4.79 Å². The van der Waals surface area contributed by atoms with Gasteiger partial charge in [0.05, 0.1) is 13.2 Å². The lowest BCUT2D eigenvalue weighted by atomic mass is 9.99. The number of likely N-dealkylation sites (N-methyl/N-ethyl adjacent to an activating group) is 1. The van der Waals surface area contributed by atoms with Crippen molar-refractivity contribution in [2.75, 3.05) is 26.7 Å². The zero-order valence-electron chi connectivity index (χ0n) is 13.9. The van der Waals surface area contributed by atoms with Crippen LogP contribution >= 0.6 is 0 Å². The second-order valence-electron chi connectivity index (χ2n) is 6.53. The molecule has 22 heavy (non-hydrogen) atoms. The first kappa shape index (κ1) is 16.6. The maximum absolute atomic E-state index is 12.1. The minimum atomic E-state index is -0.515. The van der Waals surface area contributed by atoms with Gasteiger partial charge in [-0.1, -0.05) is 0 Å². The van der Waals surface area contributed by atoms with Crippen molar-refractivity contribution in [2.45, 2.75) is 45.8 Å². The highest BCUT2D eigenvalue weighted by molar-refractivity contribution is 5.81. The van der Waals surface area contributed by atoms with Gasteiger partial charge in [-0.05, 0) is 39.7 Å². The molecule has 2 heterocycles. The number of esters is 1. The first-order valence-electron chi connectivity index (χ1n) is 7.59. The predicted octanol–water partition coefficient (Wildman–Crippen LogP) is 1.26.